The molecule has 4 nitrogen and oxygen atoms in total. The van der Waals surface area contributed by atoms with Crippen LogP contribution in [0.25, 0.3) is 110 Å². The van der Waals surface area contributed by atoms with Crippen molar-refractivity contribution in [1.82, 2.24) is 8.97 Å². The number of para-hydroxylation sites is 4. The van der Waals surface area contributed by atoms with Crippen LogP contribution in [0.5, 0.6) is 0 Å². The molecule has 318 valence electrons. The molecule has 0 spiro atoms. The van der Waals surface area contributed by atoms with Crippen molar-refractivity contribution in [3.05, 3.63) is 249 Å². The van der Waals surface area contributed by atoms with Crippen LogP contribution in [0.15, 0.2) is 253 Å². The first-order valence-corrected chi connectivity index (χ1v) is 23.2. The van der Waals surface area contributed by atoms with Gasteiger partial charge < -0.3 is 13.9 Å². The number of fused-ring (bicyclic) bond motifs is 11. The molecule has 11 aromatic carbocycles. The van der Waals surface area contributed by atoms with E-state index in [0.29, 0.717) is 0 Å². The van der Waals surface area contributed by atoms with Crippen molar-refractivity contribution in [3.63, 3.8) is 0 Å². The topological polar surface area (TPSA) is 25.7 Å². The van der Waals surface area contributed by atoms with Gasteiger partial charge in [0.2, 0.25) is 5.71 Å². The van der Waals surface area contributed by atoms with Gasteiger partial charge in [-0.25, -0.2) is 0 Å². The van der Waals surface area contributed by atoms with Crippen LogP contribution in [-0.2, 0) is 0 Å². The fourth-order valence-electron chi connectivity index (χ4n) is 10.8. The maximum Gasteiger partial charge on any atom is 0.213 e. The summed E-state index contributed by atoms with van der Waals surface area (Å²) in [6.07, 6.45) is 0. The third kappa shape index (κ3) is 5.94. The minimum Gasteiger partial charge on any atom is -0.438 e. The molecule has 0 aliphatic carbocycles. The van der Waals surface area contributed by atoms with E-state index in [4.69, 9.17) is 4.42 Å². The third-order valence-corrected chi connectivity index (χ3v) is 13.9. The van der Waals surface area contributed by atoms with Crippen LogP contribution >= 0.6 is 0 Å². The first-order chi connectivity index (χ1) is 33.7. The maximum atomic E-state index is 6.77. The number of rotatable bonds is 7. The van der Waals surface area contributed by atoms with E-state index in [1.807, 2.05) is 0 Å². The molecule has 0 N–H and O–H groups in total. The van der Waals surface area contributed by atoms with Crippen LogP contribution in [0, 0.1) is 0 Å². The molecule has 0 fully saturated rings. The Kier molecular flexibility index (Phi) is 8.55. The van der Waals surface area contributed by atoms with Crippen LogP contribution in [-0.4, -0.2) is 8.97 Å². The standard InChI is InChI=1S/C64H41N3O/c1-3-15-42(16-4-1)43-31-34-48(35-32-43)65(49-19-13-20-50(41-49)66-58-25-10-7-21-55(58)56-22-8-11-26-59(56)66)51-36-38-53-47(40-51)30-29-45-39-46(33-37-52(45)53)54-24-14-28-61-63(54)67-60-27-12-9-23-57(60)62(64(67)68-61)44-17-5-2-6-18-44/h1-41H. The maximum absolute atomic E-state index is 6.77. The van der Waals surface area contributed by atoms with Gasteiger partial charge in [0.1, 0.15) is 0 Å². The fourth-order valence-corrected chi connectivity index (χ4v) is 10.8. The monoisotopic (exact) mass is 867 g/mol. The first kappa shape index (κ1) is 38.2. The predicted molar refractivity (Wildman–Crippen MR) is 285 cm³/mol. The van der Waals surface area contributed by atoms with E-state index in [-0.39, 0.29) is 0 Å². The van der Waals surface area contributed by atoms with Gasteiger partial charge in [-0.1, -0.05) is 176 Å². The van der Waals surface area contributed by atoms with E-state index in [1.54, 1.807) is 0 Å². The summed E-state index contributed by atoms with van der Waals surface area (Å²) in [5.41, 5.74) is 17.6. The summed E-state index contributed by atoms with van der Waals surface area (Å²) in [7, 11) is 0. The van der Waals surface area contributed by atoms with Crippen molar-refractivity contribution in [2.45, 2.75) is 0 Å². The Labute approximate surface area is 392 Å². The summed E-state index contributed by atoms with van der Waals surface area (Å²) in [6.45, 7) is 0. The third-order valence-electron chi connectivity index (χ3n) is 13.9. The van der Waals surface area contributed by atoms with Crippen molar-refractivity contribution < 1.29 is 4.42 Å². The lowest BCUT2D eigenvalue weighted by Crippen LogP contribution is -2.10. The smallest absolute Gasteiger partial charge is 0.213 e. The lowest BCUT2D eigenvalue weighted by molar-refractivity contribution is 0.658. The number of anilines is 3. The van der Waals surface area contributed by atoms with Gasteiger partial charge in [0, 0.05) is 44.5 Å². The Bertz CT molecular complexity index is 4200. The van der Waals surface area contributed by atoms with Gasteiger partial charge in [-0.2, -0.15) is 0 Å². The van der Waals surface area contributed by atoms with Crippen LogP contribution in [0.3, 0.4) is 0 Å². The first-order valence-electron chi connectivity index (χ1n) is 23.2. The predicted octanol–water partition coefficient (Wildman–Crippen LogP) is 17.7. The van der Waals surface area contributed by atoms with Crippen molar-refractivity contribution in [1.29, 1.82) is 0 Å². The summed E-state index contributed by atoms with van der Waals surface area (Å²) in [5.74, 6) is 0. The van der Waals surface area contributed by atoms with E-state index in [1.165, 1.54) is 59.9 Å². The van der Waals surface area contributed by atoms with Gasteiger partial charge in [0.05, 0.1) is 27.6 Å². The zero-order valence-electron chi connectivity index (χ0n) is 36.9. The SMILES string of the molecule is c1ccc(-c2ccc(N(c3cccc(-n4c5ccccc5c5ccccc54)c3)c3ccc4c(ccc5cc(-c6cccc7oc8c(-c9ccccc9)c9ccccc9n8c67)ccc54)c3)cc2)cc1. The van der Waals surface area contributed by atoms with Gasteiger partial charge in [-0.3, -0.25) is 4.40 Å². The molecule has 0 amide bonds. The van der Waals surface area contributed by atoms with E-state index in [9.17, 15) is 0 Å². The summed E-state index contributed by atoms with van der Waals surface area (Å²) in [4.78, 5) is 2.39. The summed E-state index contributed by atoms with van der Waals surface area (Å²) >= 11 is 0. The summed E-state index contributed by atoms with van der Waals surface area (Å²) in [5, 5.41) is 8.47. The quantitative estimate of drug-likeness (QED) is 0.149. The molecule has 0 saturated carbocycles. The molecule has 3 aromatic heterocycles. The van der Waals surface area contributed by atoms with Crippen molar-refractivity contribution in [2.24, 2.45) is 0 Å². The number of hydrogen-bond acceptors (Lipinski definition) is 2. The summed E-state index contributed by atoms with van der Waals surface area (Å²) in [6, 6.07) is 89.9. The van der Waals surface area contributed by atoms with Gasteiger partial charge in [0.25, 0.3) is 0 Å². The molecule has 14 rings (SSSR count). The molecule has 3 heterocycles. The van der Waals surface area contributed by atoms with Crippen molar-refractivity contribution in [3.8, 4) is 39.1 Å². The van der Waals surface area contributed by atoms with Gasteiger partial charge >= 0.3 is 0 Å². The molecule has 0 aliphatic heterocycles. The lowest BCUT2D eigenvalue weighted by atomic mass is 9.96. The number of hydrogen-bond donors (Lipinski definition) is 0. The molecule has 14 aromatic rings. The number of nitrogens with zero attached hydrogens (tertiary/aromatic N) is 3. The lowest BCUT2D eigenvalue weighted by Gasteiger charge is -2.27. The largest absolute Gasteiger partial charge is 0.438 e. The molecule has 0 saturated heterocycles. The Balaban J connectivity index is 0.897. The molecule has 0 aliphatic rings. The van der Waals surface area contributed by atoms with Gasteiger partial charge in [0.15, 0.2) is 5.58 Å². The van der Waals surface area contributed by atoms with Crippen LogP contribution in [0.2, 0.25) is 0 Å². The second-order valence-electron chi connectivity index (χ2n) is 17.7. The highest BCUT2D eigenvalue weighted by molar-refractivity contribution is 6.13. The van der Waals surface area contributed by atoms with Crippen LogP contribution in [0.1, 0.15) is 0 Å². The Morgan fingerprint density at radius 2 is 0.897 bits per heavy atom. The normalized spacial score (nSPS) is 11.8. The van der Waals surface area contributed by atoms with Crippen LogP contribution in [0.4, 0.5) is 17.1 Å². The fraction of sp³-hybridized carbons (Fsp3) is 0. The number of aromatic nitrogens is 2. The molecule has 68 heavy (non-hydrogen) atoms. The zero-order chi connectivity index (χ0) is 44.7. The number of benzene rings is 11. The zero-order valence-corrected chi connectivity index (χ0v) is 36.9. The molecule has 0 atom stereocenters. The Morgan fingerprint density at radius 3 is 1.63 bits per heavy atom. The van der Waals surface area contributed by atoms with Crippen molar-refractivity contribution >= 4 is 88.1 Å². The molecular formula is C64H41N3O. The molecule has 0 bridgehead atoms. The molecule has 0 unspecified atom stereocenters. The van der Waals surface area contributed by atoms with Crippen LogP contribution < -0.4 is 4.90 Å². The highest BCUT2D eigenvalue weighted by atomic mass is 16.3. The highest BCUT2D eigenvalue weighted by Gasteiger charge is 2.22. The second kappa shape index (κ2) is 15.2. The average molecular weight is 868 g/mol. The van der Waals surface area contributed by atoms with Gasteiger partial charge in [-0.15, -0.1) is 0 Å². The van der Waals surface area contributed by atoms with E-state index in [2.05, 4.69) is 263 Å². The van der Waals surface area contributed by atoms with E-state index < -0.39 is 0 Å². The second-order valence-corrected chi connectivity index (χ2v) is 17.7. The molecule has 4 heteroatoms. The Morgan fingerprint density at radius 1 is 0.338 bits per heavy atom. The number of oxazole rings is 1. The average Bonchev–Trinajstić information content (AvgIpc) is 4.06. The van der Waals surface area contributed by atoms with Crippen molar-refractivity contribution in [2.75, 3.05) is 4.90 Å². The van der Waals surface area contributed by atoms with E-state index in [0.717, 1.165) is 67.3 Å². The van der Waals surface area contributed by atoms with Gasteiger partial charge in [-0.05, 0) is 117 Å². The molecular weight excluding hydrogens is 827 g/mol. The Hall–Kier alpha value is -9.12. The minimum absolute atomic E-state index is 0.863. The summed E-state index contributed by atoms with van der Waals surface area (Å²) < 4.78 is 11.5. The molecule has 0 radical (unpaired) electrons. The van der Waals surface area contributed by atoms with E-state index >= 15 is 0 Å². The minimum atomic E-state index is 0.863. The highest BCUT2D eigenvalue weighted by Crippen LogP contribution is 2.44.